The van der Waals surface area contributed by atoms with Gasteiger partial charge in [0.25, 0.3) is 0 Å². The number of benzene rings is 2. The fourth-order valence-electron chi connectivity index (χ4n) is 3.55. The van der Waals surface area contributed by atoms with E-state index < -0.39 is 12.3 Å². The number of carbonyl (C=O) groups excluding carboxylic acids is 1. The molecule has 1 saturated heterocycles. The van der Waals surface area contributed by atoms with Gasteiger partial charge in [-0.05, 0) is 36.2 Å². The SMILES string of the molecule is O=C1C(Nc2ccc3c(c2)OC(F)(F)O3)CCN1c1ccc(-c2cn[nH]c2)cc1. The molecule has 3 heterocycles. The maximum atomic E-state index is 13.2. The van der Waals surface area contributed by atoms with E-state index in [9.17, 15) is 13.6 Å². The van der Waals surface area contributed by atoms with Crippen molar-refractivity contribution in [1.29, 1.82) is 0 Å². The number of carbonyl (C=O) groups is 1. The predicted molar refractivity (Wildman–Crippen MR) is 101 cm³/mol. The highest BCUT2D eigenvalue weighted by Crippen LogP contribution is 2.42. The molecular weight excluding hydrogens is 382 g/mol. The molecule has 2 aliphatic heterocycles. The zero-order valence-corrected chi connectivity index (χ0v) is 15.1. The summed E-state index contributed by atoms with van der Waals surface area (Å²) in [4.78, 5) is 14.5. The Morgan fingerprint density at radius 1 is 1.10 bits per heavy atom. The largest absolute Gasteiger partial charge is 0.586 e. The Morgan fingerprint density at radius 3 is 2.66 bits per heavy atom. The number of aromatic amines is 1. The Hall–Kier alpha value is -3.62. The summed E-state index contributed by atoms with van der Waals surface area (Å²) >= 11 is 0. The smallest absolute Gasteiger partial charge is 0.395 e. The lowest BCUT2D eigenvalue weighted by Gasteiger charge is -2.18. The van der Waals surface area contributed by atoms with E-state index in [0.29, 0.717) is 18.7 Å². The van der Waals surface area contributed by atoms with Crippen molar-refractivity contribution in [1.82, 2.24) is 10.2 Å². The summed E-state index contributed by atoms with van der Waals surface area (Å²) in [7, 11) is 0. The van der Waals surface area contributed by atoms with Crippen molar-refractivity contribution in [2.45, 2.75) is 18.8 Å². The van der Waals surface area contributed by atoms with Crippen LogP contribution in [0.25, 0.3) is 11.1 Å². The third-order valence-corrected chi connectivity index (χ3v) is 4.96. The second-order valence-corrected chi connectivity index (χ2v) is 6.84. The molecule has 0 saturated carbocycles. The van der Waals surface area contributed by atoms with Crippen molar-refractivity contribution in [3.05, 3.63) is 54.9 Å². The Kier molecular flexibility index (Phi) is 3.90. The van der Waals surface area contributed by atoms with E-state index in [1.54, 1.807) is 23.4 Å². The summed E-state index contributed by atoms with van der Waals surface area (Å²) in [6.07, 6.45) is 0.463. The molecule has 0 bridgehead atoms. The molecule has 29 heavy (non-hydrogen) atoms. The van der Waals surface area contributed by atoms with Crippen molar-refractivity contribution in [3.8, 4) is 22.6 Å². The average Bonchev–Trinajstić information content (AvgIpc) is 3.41. The quantitative estimate of drug-likeness (QED) is 0.702. The van der Waals surface area contributed by atoms with E-state index in [1.807, 2.05) is 24.3 Å². The molecule has 3 aromatic rings. The maximum Gasteiger partial charge on any atom is 0.586 e. The number of ether oxygens (including phenoxy) is 2. The number of alkyl halides is 2. The first-order chi connectivity index (χ1) is 14.0. The molecule has 148 valence electrons. The van der Waals surface area contributed by atoms with Gasteiger partial charge in [-0.3, -0.25) is 9.89 Å². The fraction of sp³-hybridized carbons (Fsp3) is 0.200. The molecule has 7 nitrogen and oxygen atoms in total. The number of fused-ring (bicyclic) bond motifs is 1. The second-order valence-electron chi connectivity index (χ2n) is 6.84. The van der Waals surface area contributed by atoms with Crippen molar-refractivity contribution in [3.63, 3.8) is 0 Å². The van der Waals surface area contributed by atoms with Gasteiger partial charge >= 0.3 is 6.29 Å². The summed E-state index contributed by atoms with van der Waals surface area (Å²) in [6.45, 7) is 0.560. The standard InChI is InChI=1S/C20H16F2N4O3/c21-20(22)28-17-6-3-14(9-18(17)29-20)25-16-7-8-26(19(16)27)15-4-1-12(2-5-15)13-10-23-24-11-13/h1-6,9-11,16,25H,7-8H2,(H,23,24). The lowest BCUT2D eigenvalue weighted by atomic mass is 10.1. The minimum Gasteiger partial charge on any atom is -0.395 e. The summed E-state index contributed by atoms with van der Waals surface area (Å²) < 4.78 is 35.2. The first kappa shape index (κ1) is 17.5. The van der Waals surface area contributed by atoms with E-state index in [1.165, 1.54) is 12.1 Å². The summed E-state index contributed by atoms with van der Waals surface area (Å²) in [6, 6.07) is 11.6. The van der Waals surface area contributed by atoms with Crippen LogP contribution in [0.2, 0.25) is 0 Å². The van der Waals surface area contributed by atoms with Crippen LogP contribution in [0.4, 0.5) is 20.2 Å². The third kappa shape index (κ3) is 3.24. The highest BCUT2D eigenvalue weighted by Gasteiger charge is 2.43. The minimum absolute atomic E-state index is 0.0300. The zero-order valence-electron chi connectivity index (χ0n) is 15.1. The molecule has 0 aliphatic carbocycles. The van der Waals surface area contributed by atoms with Crippen molar-refractivity contribution < 1.29 is 23.0 Å². The number of H-pyrrole nitrogens is 1. The number of amides is 1. The average molecular weight is 398 g/mol. The van der Waals surface area contributed by atoms with E-state index in [-0.39, 0.29) is 17.4 Å². The minimum atomic E-state index is -3.66. The van der Waals surface area contributed by atoms with Crippen LogP contribution < -0.4 is 19.7 Å². The van der Waals surface area contributed by atoms with Gasteiger partial charge in [0.15, 0.2) is 11.5 Å². The first-order valence-electron chi connectivity index (χ1n) is 9.05. The van der Waals surface area contributed by atoms with Gasteiger partial charge in [0.1, 0.15) is 6.04 Å². The van der Waals surface area contributed by atoms with Gasteiger partial charge in [0.2, 0.25) is 5.91 Å². The topological polar surface area (TPSA) is 79.5 Å². The lowest BCUT2D eigenvalue weighted by molar-refractivity contribution is -0.286. The molecule has 1 atom stereocenters. The molecule has 1 amide bonds. The molecule has 5 rings (SSSR count). The molecule has 9 heteroatoms. The zero-order chi connectivity index (χ0) is 20.0. The van der Waals surface area contributed by atoms with E-state index in [2.05, 4.69) is 25.0 Å². The van der Waals surface area contributed by atoms with E-state index >= 15 is 0 Å². The van der Waals surface area contributed by atoms with Gasteiger partial charge in [-0.1, -0.05) is 12.1 Å². The number of halogens is 2. The van der Waals surface area contributed by atoms with Crippen LogP contribution in [0.5, 0.6) is 11.5 Å². The maximum absolute atomic E-state index is 13.2. The van der Waals surface area contributed by atoms with E-state index in [0.717, 1.165) is 16.8 Å². The second kappa shape index (κ2) is 6.47. The van der Waals surface area contributed by atoms with Gasteiger partial charge in [-0.2, -0.15) is 5.10 Å². The van der Waals surface area contributed by atoms with Crippen LogP contribution in [0, 0.1) is 0 Å². The molecular formula is C20H16F2N4O3. The molecule has 1 unspecified atom stereocenters. The van der Waals surface area contributed by atoms with Gasteiger partial charge in [0, 0.05) is 35.7 Å². The number of rotatable bonds is 4. The Labute approximate surface area is 164 Å². The predicted octanol–water partition coefficient (Wildman–Crippen LogP) is 3.62. The van der Waals surface area contributed by atoms with Crippen LogP contribution in [0.1, 0.15) is 6.42 Å². The molecule has 0 spiro atoms. The Balaban J connectivity index is 1.28. The molecule has 1 fully saturated rings. The van der Waals surface area contributed by atoms with Crippen molar-refractivity contribution in [2.24, 2.45) is 0 Å². The number of nitrogens with one attached hydrogen (secondary N) is 2. The summed E-state index contributed by atoms with van der Waals surface area (Å²) in [5.41, 5.74) is 3.29. The van der Waals surface area contributed by atoms with Crippen LogP contribution >= 0.6 is 0 Å². The lowest BCUT2D eigenvalue weighted by Crippen LogP contribution is -2.33. The van der Waals surface area contributed by atoms with Crippen molar-refractivity contribution >= 4 is 17.3 Å². The summed E-state index contributed by atoms with van der Waals surface area (Å²) in [5.74, 6) is -0.168. The van der Waals surface area contributed by atoms with Crippen LogP contribution in [-0.4, -0.2) is 35.0 Å². The van der Waals surface area contributed by atoms with Gasteiger partial charge in [-0.15, -0.1) is 8.78 Å². The highest BCUT2D eigenvalue weighted by atomic mass is 19.3. The number of hydrogen-bond acceptors (Lipinski definition) is 5. The Morgan fingerprint density at radius 2 is 1.90 bits per heavy atom. The molecule has 2 aliphatic rings. The normalized spacial score (nSPS) is 19.6. The number of hydrogen-bond donors (Lipinski definition) is 2. The summed E-state index contributed by atoms with van der Waals surface area (Å²) in [5, 5.41) is 9.80. The Bertz CT molecular complexity index is 1050. The van der Waals surface area contributed by atoms with E-state index in [4.69, 9.17) is 0 Å². The number of nitrogens with zero attached hydrogens (tertiary/aromatic N) is 2. The third-order valence-electron chi connectivity index (χ3n) is 4.96. The molecule has 2 aromatic carbocycles. The highest BCUT2D eigenvalue weighted by molar-refractivity contribution is 6.01. The van der Waals surface area contributed by atoms with Gasteiger partial charge in [0.05, 0.1) is 6.20 Å². The molecule has 2 N–H and O–H groups in total. The molecule has 1 aromatic heterocycles. The first-order valence-corrected chi connectivity index (χ1v) is 9.05. The molecule has 0 radical (unpaired) electrons. The number of aromatic nitrogens is 2. The van der Waals surface area contributed by atoms with Crippen LogP contribution in [0.3, 0.4) is 0 Å². The van der Waals surface area contributed by atoms with Crippen molar-refractivity contribution in [2.75, 3.05) is 16.8 Å². The number of anilines is 2. The van der Waals surface area contributed by atoms with Gasteiger partial charge in [-0.25, -0.2) is 0 Å². The monoisotopic (exact) mass is 398 g/mol. The van der Waals surface area contributed by atoms with Gasteiger partial charge < -0.3 is 19.7 Å². The van der Waals surface area contributed by atoms with Crippen LogP contribution in [0.15, 0.2) is 54.9 Å². The van der Waals surface area contributed by atoms with Crippen LogP contribution in [-0.2, 0) is 4.79 Å². The fourth-order valence-corrected chi connectivity index (χ4v) is 3.55.